The van der Waals surface area contributed by atoms with Gasteiger partial charge in [0.15, 0.2) is 0 Å². The van der Waals surface area contributed by atoms with Crippen molar-refractivity contribution in [2.75, 3.05) is 13.1 Å². The van der Waals surface area contributed by atoms with E-state index >= 15 is 0 Å². The Hall–Kier alpha value is -0.570. The molecule has 4 aliphatic rings. The first-order chi connectivity index (χ1) is 10.9. The minimum atomic E-state index is -4.79. The average Bonchev–Trinajstić information content (AvgIpc) is 2.32. The maximum atomic E-state index is 14.0. The lowest BCUT2D eigenvalue weighted by atomic mass is 9.54. The summed E-state index contributed by atoms with van der Waals surface area (Å²) in [4.78, 5) is 0. The standard InChI is InChI=1S/C15H20F7NO/c16-13(17,7-23-8-14(18,19)20)15(21,22)24-12-4-9-1-10(5-12)3-11(2-9)6-12/h9-11,23H,1-8H2. The topological polar surface area (TPSA) is 21.3 Å². The Morgan fingerprint density at radius 2 is 1.25 bits per heavy atom. The van der Waals surface area contributed by atoms with E-state index in [0.717, 1.165) is 19.3 Å². The molecular weight excluding hydrogens is 343 g/mol. The maximum Gasteiger partial charge on any atom is 0.421 e. The molecule has 4 aliphatic carbocycles. The van der Waals surface area contributed by atoms with Crippen LogP contribution in [0.2, 0.25) is 0 Å². The third-order valence-corrected chi connectivity index (χ3v) is 5.43. The van der Waals surface area contributed by atoms with Gasteiger partial charge in [-0.1, -0.05) is 0 Å². The largest absolute Gasteiger partial charge is 0.421 e. The fourth-order valence-electron chi connectivity index (χ4n) is 4.97. The fourth-order valence-corrected chi connectivity index (χ4v) is 4.97. The first kappa shape index (κ1) is 18.2. The van der Waals surface area contributed by atoms with Gasteiger partial charge in [0.25, 0.3) is 0 Å². The number of hydrogen-bond donors (Lipinski definition) is 1. The van der Waals surface area contributed by atoms with Gasteiger partial charge in [-0.15, -0.1) is 0 Å². The lowest BCUT2D eigenvalue weighted by Crippen LogP contribution is -2.59. The third-order valence-electron chi connectivity index (χ3n) is 5.43. The van der Waals surface area contributed by atoms with Crippen LogP contribution in [0.3, 0.4) is 0 Å². The minimum Gasteiger partial charge on any atom is -0.309 e. The van der Waals surface area contributed by atoms with Crippen LogP contribution >= 0.6 is 0 Å². The zero-order chi connectivity index (χ0) is 17.8. The van der Waals surface area contributed by atoms with Gasteiger partial charge < -0.3 is 10.1 Å². The van der Waals surface area contributed by atoms with Crippen LogP contribution in [0, 0.1) is 17.8 Å². The second kappa shape index (κ2) is 5.72. The lowest BCUT2D eigenvalue weighted by Gasteiger charge is -2.57. The highest BCUT2D eigenvalue weighted by Crippen LogP contribution is 2.59. The highest BCUT2D eigenvalue weighted by Gasteiger charge is 2.63. The number of alkyl halides is 7. The van der Waals surface area contributed by atoms with E-state index < -0.39 is 36.9 Å². The summed E-state index contributed by atoms with van der Waals surface area (Å²) in [6.45, 7) is -3.54. The number of halogens is 7. The van der Waals surface area contributed by atoms with Gasteiger partial charge >= 0.3 is 18.2 Å². The van der Waals surface area contributed by atoms with Crippen LogP contribution in [0.25, 0.3) is 0 Å². The number of rotatable bonds is 6. The number of nitrogens with one attached hydrogen (secondary N) is 1. The highest BCUT2D eigenvalue weighted by atomic mass is 19.4. The Kier molecular flexibility index (Phi) is 4.35. The van der Waals surface area contributed by atoms with Crippen LogP contribution < -0.4 is 5.32 Å². The summed E-state index contributed by atoms with van der Waals surface area (Å²) in [5, 5.41) is 1.34. The van der Waals surface area contributed by atoms with Gasteiger partial charge in [0, 0.05) is 0 Å². The van der Waals surface area contributed by atoms with Gasteiger partial charge in [0.2, 0.25) is 0 Å². The molecule has 0 saturated heterocycles. The van der Waals surface area contributed by atoms with Crippen molar-refractivity contribution in [2.45, 2.75) is 62.3 Å². The van der Waals surface area contributed by atoms with E-state index in [-0.39, 0.29) is 17.8 Å². The summed E-state index contributed by atoms with van der Waals surface area (Å²) in [5.41, 5.74) is -1.26. The molecule has 0 spiro atoms. The molecule has 0 aromatic carbocycles. The van der Waals surface area contributed by atoms with E-state index in [1.165, 1.54) is 5.32 Å². The molecule has 0 amide bonds. The Morgan fingerprint density at radius 3 is 1.67 bits per heavy atom. The van der Waals surface area contributed by atoms with Crippen molar-refractivity contribution in [1.29, 1.82) is 0 Å². The van der Waals surface area contributed by atoms with Gasteiger partial charge in [-0.2, -0.15) is 30.7 Å². The van der Waals surface area contributed by atoms with Crippen molar-refractivity contribution in [3.63, 3.8) is 0 Å². The fraction of sp³-hybridized carbons (Fsp3) is 1.00. The van der Waals surface area contributed by atoms with Crippen molar-refractivity contribution < 1.29 is 35.5 Å². The lowest BCUT2D eigenvalue weighted by molar-refractivity contribution is -0.394. The Labute approximate surface area is 135 Å². The number of ether oxygens (including phenoxy) is 1. The Balaban J connectivity index is 1.64. The molecule has 4 bridgehead atoms. The molecule has 0 heterocycles. The first-order valence-corrected chi connectivity index (χ1v) is 8.13. The average molecular weight is 363 g/mol. The van der Waals surface area contributed by atoms with Crippen molar-refractivity contribution in [3.8, 4) is 0 Å². The third kappa shape index (κ3) is 3.66. The second-order valence-electron chi connectivity index (χ2n) is 7.64. The molecule has 1 N–H and O–H groups in total. The predicted molar refractivity (Wildman–Crippen MR) is 70.8 cm³/mol. The summed E-state index contributed by atoms with van der Waals surface area (Å²) >= 11 is 0. The molecule has 4 rings (SSSR count). The van der Waals surface area contributed by atoms with Crippen LogP contribution in [0.1, 0.15) is 38.5 Å². The van der Waals surface area contributed by atoms with E-state index in [4.69, 9.17) is 0 Å². The number of hydrogen-bond acceptors (Lipinski definition) is 2. The predicted octanol–water partition coefficient (Wildman–Crippen LogP) is 4.35. The van der Waals surface area contributed by atoms with Gasteiger partial charge in [0.1, 0.15) is 0 Å². The monoisotopic (exact) mass is 363 g/mol. The summed E-state index contributed by atoms with van der Waals surface area (Å²) < 4.78 is 96.2. The van der Waals surface area contributed by atoms with Crippen molar-refractivity contribution in [3.05, 3.63) is 0 Å². The van der Waals surface area contributed by atoms with Crippen LogP contribution in [0.15, 0.2) is 0 Å². The van der Waals surface area contributed by atoms with Crippen LogP contribution in [0.4, 0.5) is 30.7 Å². The van der Waals surface area contributed by atoms with Crippen molar-refractivity contribution >= 4 is 0 Å². The zero-order valence-corrected chi connectivity index (χ0v) is 12.9. The van der Waals surface area contributed by atoms with E-state index in [2.05, 4.69) is 4.74 Å². The van der Waals surface area contributed by atoms with Crippen molar-refractivity contribution in [1.82, 2.24) is 5.32 Å². The Morgan fingerprint density at radius 1 is 0.792 bits per heavy atom. The molecule has 4 fully saturated rings. The van der Waals surface area contributed by atoms with E-state index in [1.54, 1.807) is 0 Å². The van der Waals surface area contributed by atoms with Gasteiger partial charge in [0.05, 0.1) is 18.7 Å². The Bertz CT molecular complexity index is 442. The maximum absolute atomic E-state index is 14.0. The highest BCUT2D eigenvalue weighted by molar-refractivity contribution is 5.04. The quantitative estimate of drug-likeness (QED) is 0.709. The zero-order valence-electron chi connectivity index (χ0n) is 12.9. The molecule has 24 heavy (non-hydrogen) atoms. The van der Waals surface area contributed by atoms with Gasteiger partial charge in [-0.3, -0.25) is 0 Å². The minimum absolute atomic E-state index is 0.226. The molecule has 0 aliphatic heterocycles. The van der Waals surface area contributed by atoms with Gasteiger partial charge in [-0.05, 0) is 56.3 Å². The smallest absolute Gasteiger partial charge is 0.309 e. The normalized spacial score (nSPS) is 36.4. The van der Waals surface area contributed by atoms with E-state index in [0.29, 0.717) is 19.3 Å². The molecule has 140 valence electrons. The van der Waals surface area contributed by atoms with E-state index in [1.807, 2.05) is 0 Å². The summed E-state index contributed by atoms with van der Waals surface area (Å²) in [6.07, 6.45) is -5.75. The molecule has 0 atom stereocenters. The summed E-state index contributed by atoms with van der Waals surface area (Å²) in [7, 11) is 0. The molecule has 0 radical (unpaired) electrons. The SMILES string of the molecule is FC(F)(F)CNCC(F)(F)C(F)(F)OC12CC3CC(CC(C3)C1)C2. The van der Waals surface area contributed by atoms with Crippen molar-refractivity contribution in [2.24, 2.45) is 17.8 Å². The molecule has 4 saturated carbocycles. The van der Waals surface area contributed by atoms with Gasteiger partial charge in [-0.25, -0.2) is 0 Å². The van der Waals surface area contributed by atoms with Crippen LogP contribution in [-0.2, 0) is 4.74 Å². The molecule has 0 unspecified atom stereocenters. The molecule has 9 heteroatoms. The molecular formula is C15H20F7NO. The van der Waals surface area contributed by atoms with E-state index in [9.17, 15) is 30.7 Å². The van der Waals surface area contributed by atoms with Crippen LogP contribution in [-0.4, -0.2) is 36.9 Å². The summed E-state index contributed by atoms with van der Waals surface area (Å²) in [5.74, 6) is -4.03. The van der Waals surface area contributed by atoms with Crippen LogP contribution in [0.5, 0.6) is 0 Å². The molecule has 0 aromatic rings. The second-order valence-corrected chi connectivity index (χ2v) is 7.64. The summed E-state index contributed by atoms with van der Waals surface area (Å²) in [6, 6.07) is 0. The first-order valence-electron chi connectivity index (χ1n) is 8.13. The molecule has 0 aromatic heterocycles. The molecule has 2 nitrogen and oxygen atoms in total.